The fraction of sp³-hybridized carbons (Fsp3) is 0.700. The van der Waals surface area contributed by atoms with Gasteiger partial charge in [-0.15, -0.1) is 0 Å². The molecule has 0 aromatic rings. The standard InChI is InChI=1S/C10H16O2/c1-6(2)8-5-9(11)12-10(8)7(3)4/h6-7H,5H2,1-4H3. The third-order valence-electron chi connectivity index (χ3n) is 2.10. The number of rotatable bonds is 2. The van der Waals surface area contributed by atoms with E-state index in [4.69, 9.17) is 4.74 Å². The molecule has 0 bridgehead atoms. The molecule has 68 valence electrons. The van der Waals surface area contributed by atoms with E-state index in [9.17, 15) is 4.79 Å². The predicted octanol–water partition coefficient (Wildman–Crippen LogP) is 2.50. The second kappa shape index (κ2) is 3.30. The Bertz CT molecular complexity index is 202. The number of carbonyl (C=O) groups excluding carboxylic acids is 1. The van der Waals surface area contributed by atoms with Crippen molar-refractivity contribution in [2.24, 2.45) is 11.8 Å². The molecular formula is C10H16O2. The van der Waals surface area contributed by atoms with Gasteiger partial charge in [-0.3, -0.25) is 4.79 Å². The third kappa shape index (κ3) is 1.68. The van der Waals surface area contributed by atoms with Gasteiger partial charge in [0.15, 0.2) is 0 Å². The van der Waals surface area contributed by atoms with E-state index in [0.29, 0.717) is 18.3 Å². The van der Waals surface area contributed by atoms with E-state index in [1.165, 1.54) is 5.57 Å². The maximum Gasteiger partial charge on any atom is 0.315 e. The minimum Gasteiger partial charge on any atom is -0.431 e. The highest BCUT2D eigenvalue weighted by molar-refractivity contribution is 5.77. The number of hydrogen-bond donors (Lipinski definition) is 0. The monoisotopic (exact) mass is 168 g/mol. The minimum absolute atomic E-state index is 0.0950. The summed E-state index contributed by atoms with van der Waals surface area (Å²) in [5, 5.41) is 0. The Morgan fingerprint density at radius 3 is 2.08 bits per heavy atom. The molecule has 0 amide bonds. The minimum atomic E-state index is -0.0950. The van der Waals surface area contributed by atoms with Crippen LogP contribution in [0.3, 0.4) is 0 Å². The fourth-order valence-corrected chi connectivity index (χ4v) is 1.44. The summed E-state index contributed by atoms with van der Waals surface area (Å²) in [6.07, 6.45) is 0.491. The Morgan fingerprint density at radius 1 is 1.17 bits per heavy atom. The van der Waals surface area contributed by atoms with Crippen molar-refractivity contribution in [3.05, 3.63) is 11.3 Å². The maximum atomic E-state index is 11.0. The second-order valence-electron chi connectivity index (χ2n) is 3.85. The predicted molar refractivity (Wildman–Crippen MR) is 47.4 cm³/mol. The van der Waals surface area contributed by atoms with Crippen molar-refractivity contribution in [1.29, 1.82) is 0 Å². The first-order valence-electron chi connectivity index (χ1n) is 4.46. The summed E-state index contributed by atoms with van der Waals surface area (Å²) in [6.45, 7) is 8.30. The number of cyclic esters (lactones) is 1. The summed E-state index contributed by atoms with van der Waals surface area (Å²) in [6, 6.07) is 0. The van der Waals surface area contributed by atoms with Gasteiger partial charge in [0.2, 0.25) is 0 Å². The Morgan fingerprint density at radius 2 is 1.75 bits per heavy atom. The largest absolute Gasteiger partial charge is 0.431 e. The second-order valence-corrected chi connectivity index (χ2v) is 3.85. The van der Waals surface area contributed by atoms with Crippen LogP contribution >= 0.6 is 0 Å². The molecule has 0 atom stereocenters. The first-order valence-corrected chi connectivity index (χ1v) is 4.46. The molecule has 0 aromatic heterocycles. The van der Waals surface area contributed by atoms with Crippen LogP contribution in [0.5, 0.6) is 0 Å². The molecule has 0 radical (unpaired) electrons. The molecular weight excluding hydrogens is 152 g/mol. The molecule has 2 nitrogen and oxygen atoms in total. The van der Waals surface area contributed by atoms with Crippen LogP contribution in [0.4, 0.5) is 0 Å². The molecule has 0 N–H and O–H groups in total. The molecule has 0 saturated carbocycles. The summed E-state index contributed by atoms with van der Waals surface area (Å²) in [5.41, 5.74) is 1.18. The van der Waals surface area contributed by atoms with Crippen LogP contribution in [0.25, 0.3) is 0 Å². The third-order valence-corrected chi connectivity index (χ3v) is 2.10. The van der Waals surface area contributed by atoms with Crippen LogP contribution in [0, 0.1) is 11.8 Å². The first kappa shape index (κ1) is 9.30. The molecule has 12 heavy (non-hydrogen) atoms. The average Bonchev–Trinajstić information content (AvgIpc) is 2.31. The quantitative estimate of drug-likeness (QED) is 0.592. The van der Waals surface area contributed by atoms with Crippen molar-refractivity contribution in [3.8, 4) is 0 Å². The summed E-state index contributed by atoms with van der Waals surface area (Å²) in [7, 11) is 0. The van der Waals surface area contributed by atoms with Gasteiger partial charge < -0.3 is 4.74 Å². The Hall–Kier alpha value is -0.790. The molecule has 0 spiro atoms. The van der Waals surface area contributed by atoms with Crippen molar-refractivity contribution in [1.82, 2.24) is 0 Å². The van der Waals surface area contributed by atoms with E-state index in [0.717, 1.165) is 5.76 Å². The molecule has 0 saturated heterocycles. The van der Waals surface area contributed by atoms with Crippen molar-refractivity contribution in [3.63, 3.8) is 0 Å². The van der Waals surface area contributed by atoms with Gasteiger partial charge in [0.05, 0.1) is 6.42 Å². The molecule has 0 aliphatic carbocycles. The molecule has 0 unspecified atom stereocenters. The first-order chi connectivity index (χ1) is 5.52. The van der Waals surface area contributed by atoms with Crippen LogP contribution in [-0.2, 0) is 9.53 Å². The molecule has 1 aliphatic rings. The smallest absolute Gasteiger partial charge is 0.315 e. The van der Waals surface area contributed by atoms with Gasteiger partial charge >= 0.3 is 5.97 Å². The lowest BCUT2D eigenvalue weighted by atomic mass is 9.96. The normalized spacial score (nSPS) is 18.0. The number of carbonyl (C=O) groups is 1. The number of ether oxygens (including phenoxy) is 1. The number of esters is 1. The van der Waals surface area contributed by atoms with Gasteiger partial charge in [-0.1, -0.05) is 27.7 Å². The van der Waals surface area contributed by atoms with Gasteiger partial charge in [0.25, 0.3) is 0 Å². The van der Waals surface area contributed by atoms with E-state index in [1.54, 1.807) is 0 Å². The number of allylic oxidation sites excluding steroid dienone is 1. The van der Waals surface area contributed by atoms with Crippen LogP contribution in [0.1, 0.15) is 34.1 Å². The van der Waals surface area contributed by atoms with E-state index in [-0.39, 0.29) is 5.97 Å². The molecule has 1 aliphatic heterocycles. The lowest BCUT2D eigenvalue weighted by Crippen LogP contribution is -2.00. The van der Waals surface area contributed by atoms with E-state index >= 15 is 0 Å². The molecule has 0 aromatic carbocycles. The highest BCUT2D eigenvalue weighted by Gasteiger charge is 2.26. The average molecular weight is 168 g/mol. The zero-order valence-corrected chi connectivity index (χ0v) is 8.18. The van der Waals surface area contributed by atoms with Gasteiger partial charge in [-0.2, -0.15) is 0 Å². The Balaban J connectivity index is 2.88. The topological polar surface area (TPSA) is 26.3 Å². The summed E-state index contributed by atoms with van der Waals surface area (Å²) >= 11 is 0. The van der Waals surface area contributed by atoms with Gasteiger partial charge in [0.1, 0.15) is 5.76 Å². The molecule has 0 fully saturated rings. The van der Waals surface area contributed by atoms with E-state index < -0.39 is 0 Å². The highest BCUT2D eigenvalue weighted by Crippen LogP contribution is 2.31. The molecule has 2 heteroatoms. The van der Waals surface area contributed by atoms with Crippen molar-refractivity contribution in [2.75, 3.05) is 0 Å². The van der Waals surface area contributed by atoms with Crippen molar-refractivity contribution < 1.29 is 9.53 Å². The summed E-state index contributed by atoms with van der Waals surface area (Å²) in [5.74, 6) is 1.56. The van der Waals surface area contributed by atoms with Gasteiger partial charge in [-0.05, 0) is 11.5 Å². The van der Waals surface area contributed by atoms with Crippen LogP contribution in [0.15, 0.2) is 11.3 Å². The van der Waals surface area contributed by atoms with E-state index in [2.05, 4.69) is 27.7 Å². The maximum absolute atomic E-state index is 11.0. The van der Waals surface area contributed by atoms with Crippen LogP contribution in [-0.4, -0.2) is 5.97 Å². The van der Waals surface area contributed by atoms with E-state index in [1.807, 2.05) is 0 Å². The molecule has 1 heterocycles. The zero-order chi connectivity index (χ0) is 9.30. The SMILES string of the molecule is CC(C)C1=C(C(C)C)OC(=O)C1. The Labute approximate surface area is 73.6 Å². The lowest BCUT2D eigenvalue weighted by molar-refractivity contribution is -0.137. The Kier molecular flexibility index (Phi) is 2.55. The summed E-state index contributed by atoms with van der Waals surface area (Å²) < 4.78 is 5.14. The molecule has 1 rings (SSSR count). The van der Waals surface area contributed by atoms with Crippen molar-refractivity contribution in [2.45, 2.75) is 34.1 Å². The van der Waals surface area contributed by atoms with Gasteiger partial charge in [-0.25, -0.2) is 0 Å². The van der Waals surface area contributed by atoms with Crippen LogP contribution < -0.4 is 0 Å². The van der Waals surface area contributed by atoms with Gasteiger partial charge in [0, 0.05) is 5.92 Å². The summed E-state index contributed by atoms with van der Waals surface area (Å²) in [4.78, 5) is 11.0. The fourth-order valence-electron chi connectivity index (χ4n) is 1.44. The zero-order valence-electron chi connectivity index (χ0n) is 8.18. The highest BCUT2D eigenvalue weighted by atomic mass is 16.5. The van der Waals surface area contributed by atoms with Crippen LogP contribution in [0.2, 0.25) is 0 Å². The lowest BCUT2D eigenvalue weighted by Gasteiger charge is -2.10. The number of hydrogen-bond acceptors (Lipinski definition) is 2. The van der Waals surface area contributed by atoms with Crippen molar-refractivity contribution >= 4 is 5.97 Å².